The van der Waals surface area contributed by atoms with Crippen LogP contribution in [-0.4, -0.2) is 19.2 Å². The average Bonchev–Trinajstić information content (AvgIpc) is 2.25. The number of methoxy groups -OCH3 is 1. The molecule has 0 aliphatic rings. The Morgan fingerprint density at radius 2 is 2.33 bits per heavy atom. The number of halogens is 1. The van der Waals surface area contributed by atoms with Gasteiger partial charge in [0.25, 0.3) is 0 Å². The molecule has 0 atom stereocenters. The van der Waals surface area contributed by atoms with E-state index < -0.39 is 5.97 Å². The monoisotopic (exact) mass is 225 g/mol. The van der Waals surface area contributed by atoms with Gasteiger partial charge in [0, 0.05) is 0 Å². The first-order valence-corrected chi connectivity index (χ1v) is 4.47. The summed E-state index contributed by atoms with van der Waals surface area (Å²) in [6.07, 6.45) is 1.42. The number of benzene rings is 1. The summed E-state index contributed by atoms with van der Waals surface area (Å²) < 4.78 is 4.53. The summed E-state index contributed by atoms with van der Waals surface area (Å²) in [5, 5.41) is 0.278. The molecule has 0 aliphatic carbocycles. The molecule has 0 aliphatic heterocycles. The molecule has 0 amide bonds. The summed E-state index contributed by atoms with van der Waals surface area (Å²) in [6, 6.07) is 4.75. The minimum absolute atomic E-state index is 0.199. The van der Waals surface area contributed by atoms with Crippen LogP contribution in [0.2, 0.25) is 5.02 Å². The van der Waals surface area contributed by atoms with E-state index in [4.69, 9.17) is 11.6 Å². The lowest BCUT2D eigenvalue weighted by Gasteiger charge is -2.03. The number of ether oxygens (including phenoxy) is 1. The van der Waals surface area contributed by atoms with Gasteiger partial charge in [0.2, 0.25) is 6.08 Å². The van der Waals surface area contributed by atoms with Gasteiger partial charge in [-0.1, -0.05) is 17.7 Å². The second kappa shape index (κ2) is 5.29. The third-order valence-electron chi connectivity index (χ3n) is 1.76. The van der Waals surface area contributed by atoms with Gasteiger partial charge in [-0.2, -0.15) is 0 Å². The molecular weight excluding hydrogens is 218 g/mol. The van der Waals surface area contributed by atoms with Crippen LogP contribution in [0, 0.1) is 0 Å². The molecule has 1 rings (SSSR count). The Morgan fingerprint density at radius 1 is 1.60 bits per heavy atom. The number of hydrogen-bond acceptors (Lipinski definition) is 4. The molecule has 4 nitrogen and oxygen atoms in total. The number of esters is 1. The van der Waals surface area contributed by atoms with Crippen LogP contribution in [0.25, 0.3) is 0 Å². The van der Waals surface area contributed by atoms with Crippen LogP contribution >= 0.6 is 11.6 Å². The first-order chi connectivity index (χ1) is 7.19. The first kappa shape index (κ1) is 11.4. The molecule has 0 saturated carbocycles. The number of isocyanates is 1. The second-order valence-corrected chi connectivity index (χ2v) is 3.12. The highest BCUT2D eigenvalue weighted by Gasteiger charge is 2.10. The van der Waals surface area contributed by atoms with Crippen molar-refractivity contribution in [3.63, 3.8) is 0 Å². The number of carbonyl (C=O) groups excluding carboxylic acids is 2. The van der Waals surface area contributed by atoms with E-state index in [9.17, 15) is 9.59 Å². The fourth-order valence-electron chi connectivity index (χ4n) is 1.06. The second-order valence-electron chi connectivity index (χ2n) is 2.71. The third-order valence-corrected chi connectivity index (χ3v) is 2.08. The van der Waals surface area contributed by atoms with Crippen LogP contribution < -0.4 is 0 Å². The summed E-state index contributed by atoms with van der Waals surface area (Å²) in [6.45, 7) is 0.199. The molecule has 0 unspecified atom stereocenters. The Kier molecular flexibility index (Phi) is 4.03. The molecule has 0 bridgehead atoms. The van der Waals surface area contributed by atoms with Crippen molar-refractivity contribution in [3.05, 3.63) is 34.3 Å². The van der Waals surface area contributed by atoms with Crippen molar-refractivity contribution < 1.29 is 14.3 Å². The highest BCUT2D eigenvalue weighted by Crippen LogP contribution is 2.19. The molecule has 0 N–H and O–H groups in total. The van der Waals surface area contributed by atoms with E-state index in [1.54, 1.807) is 12.1 Å². The Morgan fingerprint density at radius 3 is 2.87 bits per heavy atom. The van der Waals surface area contributed by atoms with Crippen molar-refractivity contribution in [2.24, 2.45) is 4.99 Å². The van der Waals surface area contributed by atoms with Crippen LogP contribution in [0.5, 0.6) is 0 Å². The molecule has 5 heteroatoms. The van der Waals surface area contributed by atoms with Gasteiger partial charge in [0.15, 0.2) is 0 Å². The van der Waals surface area contributed by atoms with Crippen LogP contribution in [0.1, 0.15) is 15.9 Å². The summed E-state index contributed by atoms with van der Waals surface area (Å²) in [4.78, 5) is 24.5. The van der Waals surface area contributed by atoms with Gasteiger partial charge in [0.1, 0.15) is 0 Å². The van der Waals surface area contributed by atoms with Gasteiger partial charge in [-0.15, -0.1) is 0 Å². The zero-order chi connectivity index (χ0) is 11.3. The molecule has 78 valence electrons. The van der Waals surface area contributed by atoms with E-state index in [0.717, 1.165) is 5.56 Å². The SMILES string of the molecule is COC(=O)c1ccc(CN=C=O)cc1Cl. The summed E-state index contributed by atoms with van der Waals surface area (Å²) in [5.41, 5.74) is 1.02. The van der Waals surface area contributed by atoms with Crippen LogP contribution in [0.15, 0.2) is 23.2 Å². The maximum absolute atomic E-state index is 11.2. The van der Waals surface area contributed by atoms with Crippen LogP contribution in [0.4, 0.5) is 0 Å². The third kappa shape index (κ3) is 2.91. The van der Waals surface area contributed by atoms with Crippen LogP contribution in [0.3, 0.4) is 0 Å². The molecule has 15 heavy (non-hydrogen) atoms. The Balaban J connectivity index is 2.97. The van der Waals surface area contributed by atoms with E-state index in [1.807, 2.05) is 0 Å². The van der Waals surface area contributed by atoms with Crippen molar-refractivity contribution in [3.8, 4) is 0 Å². The zero-order valence-electron chi connectivity index (χ0n) is 7.99. The standard InChI is InChI=1S/C10H8ClNO3/c1-15-10(14)8-3-2-7(4-9(8)11)5-12-6-13/h2-4H,5H2,1H3. The number of hydrogen-bond donors (Lipinski definition) is 0. The molecule has 0 heterocycles. The van der Waals surface area contributed by atoms with E-state index in [0.29, 0.717) is 0 Å². The van der Waals surface area contributed by atoms with Gasteiger partial charge in [-0.3, -0.25) is 0 Å². The summed E-state index contributed by atoms with van der Waals surface area (Å²) in [7, 11) is 1.28. The molecule has 1 aromatic rings. The Labute approximate surface area is 91.5 Å². The molecule has 0 fully saturated rings. The highest BCUT2D eigenvalue weighted by molar-refractivity contribution is 6.33. The number of carbonyl (C=O) groups is 1. The zero-order valence-corrected chi connectivity index (χ0v) is 8.75. The molecule has 0 spiro atoms. The van der Waals surface area contributed by atoms with Crippen molar-refractivity contribution >= 4 is 23.7 Å². The maximum Gasteiger partial charge on any atom is 0.339 e. The Bertz CT molecular complexity index is 425. The first-order valence-electron chi connectivity index (χ1n) is 4.09. The smallest absolute Gasteiger partial charge is 0.339 e. The molecule has 0 radical (unpaired) electrons. The lowest BCUT2D eigenvalue weighted by molar-refractivity contribution is 0.0601. The van der Waals surface area contributed by atoms with Crippen molar-refractivity contribution in [2.45, 2.75) is 6.54 Å². The summed E-state index contributed by atoms with van der Waals surface area (Å²) >= 11 is 5.84. The highest BCUT2D eigenvalue weighted by atomic mass is 35.5. The maximum atomic E-state index is 11.2. The summed E-state index contributed by atoms with van der Waals surface area (Å²) in [5.74, 6) is -0.495. The van der Waals surface area contributed by atoms with Crippen molar-refractivity contribution in [1.29, 1.82) is 0 Å². The number of rotatable bonds is 3. The topological polar surface area (TPSA) is 55.7 Å². The fraction of sp³-hybridized carbons (Fsp3) is 0.200. The fourth-order valence-corrected chi connectivity index (χ4v) is 1.34. The van der Waals surface area contributed by atoms with Gasteiger partial charge in [-0.05, 0) is 17.7 Å². The van der Waals surface area contributed by atoms with Gasteiger partial charge < -0.3 is 4.74 Å². The predicted octanol–water partition coefficient (Wildman–Crippen LogP) is 1.96. The average molecular weight is 226 g/mol. The number of aliphatic imine (C=N–C) groups is 1. The lowest BCUT2D eigenvalue weighted by atomic mass is 10.1. The van der Waals surface area contributed by atoms with Gasteiger partial charge in [-0.25, -0.2) is 14.6 Å². The molecule has 0 saturated heterocycles. The van der Waals surface area contributed by atoms with E-state index in [1.165, 1.54) is 19.3 Å². The molecule has 1 aromatic carbocycles. The van der Waals surface area contributed by atoms with E-state index in [2.05, 4.69) is 9.73 Å². The van der Waals surface area contributed by atoms with Gasteiger partial charge in [0.05, 0.1) is 24.2 Å². The van der Waals surface area contributed by atoms with E-state index >= 15 is 0 Å². The Hall–Kier alpha value is -1.64. The largest absolute Gasteiger partial charge is 0.465 e. The van der Waals surface area contributed by atoms with Gasteiger partial charge >= 0.3 is 5.97 Å². The lowest BCUT2D eigenvalue weighted by Crippen LogP contribution is -2.02. The molecule has 0 aromatic heterocycles. The predicted molar refractivity (Wildman–Crippen MR) is 54.6 cm³/mol. The molecular formula is C10H8ClNO3. The van der Waals surface area contributed by atoms with Crippen LogP contribution in [-0.2, 0) is 16.1 Å². The quantitative estimate of drug-likeness (QED) is 0.449. The normalized spacial score (nSPS) is 9.20. The minimum atomic E-state index is -0.495. The van der Waals surface area contributed by atoms with Crippen molar-refractivity contribution in [2.75, 3.05) is 7.11 Å². The van der Waals surface area contributed by atoms with E-state index in [-0.39, 0.29) is 17.1 Å². The minimum Gasteiger partial charge on any atom is -0.465 e. The number of nitrogens with zero attached hydrogens (tertiary/aromatic N) is 1. The van der Waals surface area contributed by atoms with Crippen molar-refractivity contribution in [1.82, 2.24) is 0 Å².